The summed E-state index contributed by atoms with van der Waals surface area (Å²) < 4.78 is 0. The summed E-state index contributed by atoms with van der Waals surface area (Å²) in [5.41, 5.74) is 4.67. The van der Waals surface area contributed by atoms with Crippen molar-refractivity contribution >= 4 is 34.8 Å². The van der Waals surface area contributed by atoms with E-state index in [-0.39, 0.29) is 0 Å². The number of hydrogen-bond acceptors (Lipinski definition) is 2. The summed E-state index contributed by atoms with van der Waals surface area (Å²) in [6.07, 6.45) is 3.36. The van der Waals surface area contributed by atoms with Gasteiger partial charge in [-0.25, -0.2) is 0 Å². The Kier molecular flexibility index (Phi) is 3.31. The highest BCUT2D eigenvalue weighted by molar-refractivity contribution is 7.80. The summed E-state index contributed by atoms with van der Waals surface area (Å²) in [4.78, 5) is 0. The average molecular weight is 307 g/mol. The van der Waals surface area contributed by atoms with E-state index in [1.54, 1.807) is 0 Å². The fraction of sp³-hybridized carbons (Fsp3) is 0.167. The standard InChI is InChI=1S/C18H17N3S/c22-18-19-16-10-5-4-9-15(16)17(20-11-6-12-21(18)20)13-14-7-2-1-3-8-14/h1-5,7-10,13H,6,11-12H2,(H,19,22)/b17-13+. The van der Waals surface area contributed by atoms with Gasteiger partial charge in [0.2, 0.25) is 0 Å². The predicted molar refractivity (Wildman–Crippen MR) is 95.0 cm³/mol. The monoisotopic (exact) mass is 307 g/mol. The number of nitrogens with one attached hydrogen (secondary N) is 1. The van der Waals surface area contributed by atoms with Crippen molar-refractivity contribution in [1.29, 1.82) is 0 Å². The third-order valence-electron chi connectivity index (χ3n) is 4.09. The van der Waals surface area contributed by atoms with Gasteiger partial charge in [-0.1, -0.05) is 48.5 Å². The molecule has 1 saturated heterocycles. The van der Waals surface area contributed by atoms with E-state index in [0.29, 0.717) is 0 Å². The number of hydrogen-bond donors (Lipinski definition) is 1. The van der Waals surface area contributed by atoms with Gasteiger partial charge < -0.3 is 5.32 Å². The van der Waals surface area contributed by atoms with Crippen LogP contribution < -0.4 is 5.32 Å². The quantitative estimate of drug-likeness (QED) is 0.807. The first kappa shape index (κ1) is 13.3. The average Bonchev–Trinajstić information content (AvgIpc) is 3.00. The number of thiocarbonyl (C=S) groups is 1. The highest BCUT2D eigenvalue weighted by atomic mass is 32.1. The lowest BCUT2D eigenvalue weighted by Gasteiger charge is -2.30. The zero-order valence-electron chi connectivity index (χ0n) is 12.2. The van der Waals surface area contributed by atoms with E-state index in [4.69, 9.17) is 12.2 Å². The first-order chi connectivity index (χ1) is 10.8. The Labute approximate surface area is 135 Å². The van der Waals surface area contributed by atoms with E-state index in [0.717, 1.165) is 30.3 Å². The molecule has 22 heavy (non-hydrogen) atoms. The van der Waals surface area contributed by atoms with Crippen LogP contribution in [0.15, 0.2) is 54.6 Å². The van der Waals surface area contributed by atoms with Gasteiger partial charge in [0, 0.05) is 24.3 Å². The Balaban J connectivity index is 1.89. The van der Waals surface area contributed by atoms with Crippen LogP contribution in [0.5, 0.6) is 0 Å². The van der Waals surface area contributed by atoms with Crippen LogP contribution >= 0.6 is 12.2 Å². The van der Waals surface area contributed by atoms with Crippen LogP contribution in [-0.2, 0) is 0 Å². The normalized spacial score (nSPS) is 18.7. The molecule has 0 amide bonds. The molecule has 110 valence electrons. The highest BCUT2D eigenvalue weighted by Crippen LogP contribution is 2.35. The largest absolute Gasteiger partial charge is 0.331 e. The van der Waals surface area contributed by atoms with Gasteiger partial charge in [-0.3, -0.25) is 10.0 Å². The van der Waals surface area contributed by atoms with Gasteiger partial charge in [-0.15, -0.1) is 0 Å². The van der Waals surface area contributed by atoms with Crippen molar-refractivity contribution in [3.05, 3.63) is 65.7 Å². The maximum Gasteiger partial charge on any atom is 0.192 e. The van der Waals surface area contributed by atoms with Gasteiger partial charge >= 0.3 is 0 Å². The molecular formula is C18H17N3S. The number of benzene rings is 2. The summed E-state index contributed by atoms with van der Waals surface area (Å²) in [7, 11) is 0. The molecular weight excluding hydrogens is 290 g/mol. The number of fused-ring (bicyclic) bond motifs is 2. The van der Waals surface area contributed by atoms with E-state index in [1.807, 2.05) is 12.1 Å². The summed E-state index contributed by atoms with van der Waals surface area (Å²) in [6, 6.07) is 18.8. The van der Waals surface area contributed by atoms with Gasteiger partial charge in [0.1, 0.15) is 0 Å². The van der Waals surface area contributed by atoms with Crippen LogP contribution in [0.3, 0.4) is 0 Å². The number of para-hydroxylation sites is 1. The first-order valence-corrected chi connectivity index (χ1v) is 7.96. The Morgan fingerprint density at radius 3 is 2.50 bits per heavy atom. The number of hydrazine groups is 1. The lowest BCUT2D eigenvalue weighted by molar-refractivity contribution is 0.198. The smallest absolute Gasteiger partial charge is 0.192 e. The lowest BCUT2D eigenvalue weighted by Crippen LogP contribution is -2.40. The zero-order valence-corrected chi connectivity index (χ0v) is 13.0. The van der Waals surface area contributed by atoms with Crippen LogP contribution in [0, 0.1) is 0 Å². The van der Waals surface area contributed by atoms with Gasteiger partial charge in [0.05, 0.1) is 5.70 Å². The molecule has 0 radical (unpaired) electrons. The Bertz CT molecular complexity index is 739. The molecule has 2 aromatic carbocycles. The molecule has 1 fully saturated rings. The number of nitrogens with zero attached hydrogens (tertiary/aromatic N) is 2. The molecule has 2 aromatic rings. The third-order valence-corrected chi connectivity index (χ3v) is 4.40. The summed E-state index contributed by atoms with van der Waals surface area (Å²) in [5.74, 6) is 0. The van der Waals surface area contributed by atoms with E-state index in [9.17, 15) is 0 Å². The van der Waals surface area contributed by atoms with Crippen LogP contribution in [-0.4, -0.2) is 28.2 Å². The lowest BCUT2D eigenvalue weighted by atomic mass is 10.1. The van der Waals surface area contributed by atoms with Crippen LogP contribution in [0.25, 0.3) is 11.8 Å². The summed E-state index contributed by atoms with van der Waals surface area (Å²) in [5, 5.41) is 8.63. The molecule has 2 heterocycles. The molecule has 0 aliphatic carbocycles. The molecule has 4 rings (SSSR count). The number of anilines is 1. The van der Waals surface area contributed by atoms with E-state index in [2.05, 4.69) is 63.9 Å². The molecule has 3 nitrogen and oxygen atoms in total. The SMILES string of the molecule is S=C1Nc2ccccc2/C(=C\c2ccccc2)N2CCCN12. The molecule has 2 aliphatic heterocycles. The van der Waals surface area contributed by atoms with E-state index < -0.39 is 0 Å². The topological polar surface area (TPSA) is 18.5 Å². The van der Waals surface area contributed by atoms with Crippen molar-refractivity contribution in [2.45, 2.75) is 6.42 Å². The maximum atomic E-state index is 5.57. The highest BCUT2D eigenvalue weighted by Gasteiger charge is 2.31. The van der Waals surface area contributed by atoms with Crippen LogP contribution in [0.2, 0.25) is 0 Å². The Morgan fingerprint density at radius 2 is 1.64 bits per heavy atom. The molecule has 0 spiro atoms. The molecule has 4 heteroatoms. The van der Waals surface area contributed by atoms with Crippen molar-refractivity contribution in [1.82, 2.24) is 10.0 Å². The van der Waals surface area contributed by atoms with Gasteiger partial charge in [0.25, 0.3) is 0 Å². The second-order valence-corrected chi connectivity index (χ2v) is 5.90. The minimum absolute atomic E-state index is 0.779. The van der Waals surface area contributed by atoms with E-state index in [1.165, 1.54) is 16.8 Å². The van der Waals surface area contributed by atoms with Crippen molar-refractivity contribution in [2.75, 3.05) is 18.4 Å². The minimum atomic E-state index is 0.779. The number of rotatable bonds is 1. The summed E-state index contributed by atoms with van der Waals surface area (Å²) in [6.45, 7) is 1.96. The predicted octanol–water partition coefficient (Wildman–Crippen LogP) is 3.82. The fourth-order valence-electron chi connectivity index (χ4n) is 3.07. The Morgan fingerprint density at radius 1 is 0.909 bits per heavy atom. The molecule has 0 bridgehead atoms. The van der Waals surface area contributed by atoms with Crippen molar-refractivity contribution < 1.29 is 0 Å². The van der Waals surface area contributed by atoms with Crippen LogP contribution in [0.4, 0.5) is 5.69 Å². The summed E-state index contributed by atoms with van der Waals surface area (Å²) >= 11 is 5.57. The fourth-order valence-corrected chi connectivity index (χ4v) is 3.37. The second-order valence-electron chi connectivity index (χ2n) is 5.52. The minimum Gasteiger partial charge on any atom is -0.331 e. The zero-order chi connectivity index (χ0) is 14.9. The maximum absolute atomic E-state index is 5.57. The third kappa shape index (κ3) is 2.25. The second kappa shape index (κ2) is 5.46. The molecule has 1 N–H and O–H groups in total. The molecule has 0 unspecified atom stereocenters. The molecule has 0 saturated carbocycles. The first-order valence-electron chi connectivity index (χ1n) is 7.55. The molecule has 2 aliphatic rings. The van der Waals surface area contributed by atoms with Crippen molar-refractivity contribution in [2.24, 2.45) is 0 Å². The van der Waals surface area contributed by atoms with Crippen molar-refractivity contribution in [3.8, 4) is 0 Å². The van der Waals surface area contributed by atoms with Gasteiger partial charge in [0.15, 0.2) is 5.11 Å². The molecule has 0 atom stereocenters. The van der Waals surface area contributed by atoms with Crippen LogP contribution in [0.1, 0.15) is 17.5 Å². The van der Waals surface area contributed by atoms with E-state index >= 15 is 0 Å². The van der Waals surface area contributed by atoms with Gasteiger partial charge in [-0.2, -0.15) is 0 Å². The molecule has 0 aromatic heterocycles. The van der Waals surface area contributed by atoms with Gasteiger partial charge in [-0.05, 0) is 36.3 Å². The van der Waals surface area contributed by atoms with Crippen molar-refractivity contribution in [3.63, 3.8) is 0 Å². The Hall–Kier alpha value is -2.33.